The molecule has 0 aliphatic rings. The Hall–Kier alpha value is -2.31. The number of rotatable bonds is 3. The van der Waals surface area contributed by atoms with Crippen LogP contribution in [0.25, 0.3) is 32.5 Å². The minimum Gasteiger partial charge on any atom is -0.388 e. The monoisotopic (exact) mass is 324 g/mol. The number of hydrogen-bond acceptors (Lipinski definition) is 5. The van der Waals surface area contributed by atoms with Crippen LogP contribution in [-0.4, -0.2) is 24.9 Å². The van der Waals surface area contributed by atoms with E-state index in [4.69, 9.17) is 4.98 Å². The number of aromatic nitrogens is 4. The summed E-state index contributed by atoms with van der Waals surface area (Å²) in [4.78, 5) is 11.0. The average Bonchev–Trinajstić information content (AvgIpc) is 3.14. The van der Waals surface area contributed by atoms with Crippen LogP contribution < -0.4 is 0 Å². The smallest absolute Gasteiger partial charge is 0.181 e. The molecule has 0 radical (unpaired) electrons. The molecule has 0 saturated carbocycles. The number of nitrogens with zero attached hydrogens (tertiary/aromatic N) is 4. The van der Waals surface area contributed by atoms with E-state index in [1.54, 1.807) is 22.2 Å². The molecule has 0 unspecified atom stereocenters. The van der Waals surface area contributed by atoms with Gasteiger partial charge in [0, 0.05) is 40.7 Å². The first-order valence-corrected chi connectivity index (χ1v) is 8.34. The molecule has 0 bridgehead atoms. The van der Waals surface area contributed by atoms with Gasteiger partial charge in [-0.25, -0.2) is 9.97 Å². The molecule has 6 heteroatoms. The normalized spacial score (nSPS) is 13.0. The summed E-state index contributed by atoms with van der Waals surface area (Å²) in [7, 11) is 1.89. The van der Waals surface area contributed by atoms with Gasteiger partial charge in [-0.05, 0) is 30.7 Å². The largest absolute Gasteiger partial charge is 0.388 e. The van der Waals surface area contributed by atoms with Gasteiger partial charge >= 0.3 is 0 Å². The highest BCUT2D eigenvalue weighted by Gasteiger charge is 2.12. The maximum atomic E-state index is 10.0. The van der Waals surface area contributed by atoms with Crippen LogP contribution in [-0.2, 0) is 7.05 Å². The zero-order valence-electron chi connectivity index (χ0n) is 12.9. The molecule has 0 aliphatic heterocycles. The lowest BCUT2D eigenvalue weighted by Crippen LogP contribution is -1.89. The third-order valence-corrected chi connectivity index (χ3v) is 5.03. The van der Waals surface area contributed by atoms with Crippen LogP contribution in [0.5, 0.6) is 0 Å². The van der Waals surface area contributed by atoms with Gasteiger partial charge in [0.25, 0.3) is 0 Å². The van der Waals surface area contributed by atoms with E-state index in [1.165, 1.54) is 0 Å². The summed E-state index contributed by atoms with van der Waals surface area (Å²) in [6.45, 7) is 1.97. The number of aryl methyl sites for hydroxylation is 1. The van der Waals surface area contributed by atoms with Crippen LogP contribution in [0.2, 0.25) is 0 Å². The highest BCUT2D eigenvalue weighted by atomic mass is 32.1. The minimum absolute atomic E-state index is 0.411. The third kappa shape index (κ3) is 2.50. The highest BCUT2D eigenvalue weighted by Crippen LogP contribution is 2.32. The Morgan fingerprint density at radius 2 is 2.13 bits per heavy atom. The molecule has 4 aromatic rings. The van der Waals surface area contributed by atoms with Gasteiger partial charge in [-0.1, -0.05) is 6.92 Å². The van der Waals surface area contributed by atoms with Crippen molar-refractivity contribution in [1.82, 2.24) is 19.7 Å². The fourth-order valence-electron chi connectivity index (χ4n) is 2.64. The van der Waals surface area contributed by atoms with Crippen molar-refractivity contribution in [2.45, 2.75) is 19.4 Å². The first-order chi connectivity index (χ1) is 11.1. The van der Waals surface area contributed by atoms with Gasteiger partial charge < -0.3 is 5.11 Å². The Balaban J connectivity index is 1.80. The Kier molecular flexibility index (Phi) is 3.36. The Morgan fingerprint density at radius 1 is 1.26 bits per heavy atom. The van der Waals surface area contributed by atoms with Crippen molar-refractivity contribution in [3.8, 4) is 11.3 Å². The van der Waals surface area contributed by atoms with Crippen LogP contribution >= 0.6 is 11.3 Å². The zero-order valence-corrected chi connectivity index (χ0v) is 13.7. The number of aliphatic hydroxyl groups excluding tert-OH is 1. The molecule has 0 amide bonds. The van der Waals surface area contributed by atoms with Gasteiger partial charge in [-0.15, -0.1) is 11.3 Å². The molecule has 0 aromatic carbocycles. The third-order valence-electron chi connectivity index (χ3n) is 3.89. The van der Waals surface area contributed by atoms with Crippen molar-refractivity contribution in [1.29, 1.82) is 0 Å². The molecule has 23 heavy (non-hydrogen) atoms. The van der Waals surface area contributed by atoms with E-state index in [0.29, 0.717) is 6.42 Å². The second kappa shape index (κ2) is 5.40. The van der Waals surface area contributed by atoms with E-state index < -0.39 is 6.10 Å². The molecule has 1 N–H and O–H groups in total. The molecule has 0 fully saturated rings. The molecular weight excluding hydrogens is 308 g/mol. The first kappa shape index (κ1) is 14.3. The summed E-state index contributed by atoms with van der Waals surface area (Å²) in [5, 5.41) is 16.4. The molecule has 0 spiro atoms. The quantitative estimate of drug-likeness (QED) is 0.624. The summed E-state index contributed by atoms with van der Waals surface area (Å²) in [6, 6.07) is 8.12. The second-order valence-electron chi connectivity index (χ2n) is 5.60. The van der Waals surface area contributed by atoms with Gasteiger partial charge in [-0.2, -0.15) is 5.10 Å². The van der Waals surface area contributed by atoms with Crippen LogP contribution in [0.3, 0.4) is 0 Å². The predicted molar refractivity (Wildman–Crippen MR) is 92.4 cm³/mol. The van der Waals surface area contributed by atoms with Gasteiger partial charge in [0.1, 0.15) is 4.83 Å². The van der Waals surface area contributed by atoms with Crippen LogP contribution in [0, 0.1) is 0 Å². The van der Waals surface area contributed by atoms with Crippen molar-refractivity contribution in [2.24, 2.45) is 7.05 Å². The summed E-state index contributed by atoms with van der Waals surface area (Å²) < 4.78 is 1.76. The van der Waals surface area contributed by atoms with E-state index in [1.807, 2.05) is 38.4 Å². The number of pyridine rings is 2. The first-order valence-electron chi connectivity index (χ1n) is 7.52. The van der Waals surface area contributed by atoms with E-state index in [9.17, 15) is 5.11 Å². The number of fused-ring (bicyclic) bond motifs is 2. The molecule has 1 atom stereocenters. The summed E-state index contributed by atoms with van der Waals surface area (Å²) in [6.07, 6.45) is 4.05. The molecular formula is C17H16N4OS. The molecule has 4 rings (SSSR count). The Labute approximate surface area is 137 Å². The standard InChI is InChI=1S/C17H16N4OS/c1-3-14(22)15-7-10-4-5-13(19-17(10)23-15)11-6-12-9-21(2)20-16(12)18-8-11/h4-9,14,22H,3H2,1-2H3/t14-/m0/s1. The van der Waals surface area contributed by atoms with Crippen LogP contribution in [0.15, 0.2) is 36.7 Å². The number of aliphatic hydroxyl groups is 1. The fraction of sp³-hybridized carbons (Fsp3) is 0.235. The van der Waals surface area contributed by atoms with E-state index >= 15 is 0 Å². The highest BCUT2D eigenvalue weighted by molar-refractivity contribution is 7.18. The van der Waals surface area contributed by atoms with Crippen LogP contribution in [0.1, 0.15) is 24.3 Å². The van der Waals surface area contributed by atoms with E-state index in [0.717, 1.165) is 37.4 Å². The SMILES string of the molecule is CC[C@H](O)c1cc2ccc(-c3cnc4nn(C)cc4c3)nc2s1. The van der Waals surface area contributed by atoms with Crippen molar-refractivity contribution in [2.75, 3.05) is 0 Å². The molecule has 116 valence electrons. The number of hydrogen-bond donors (Lipinski definition) is 1. The topological polar surface area (TPSA) is 63.8 Å². The average molecular weight is 324 g/mol. The minimum atomic E-state index is -0.411. The molecule has 0 aliphatic carbocycles. The zero-order chi connectivity index (χ0) is 16.0. The van der Waals surface area contributed by atoms with Crippen molar-refractivity contribution < 1.29 is 5.11 Å². The van der Waals surface area contributed by atoms with Crippen LogP contribution in [0.4, 0.5) is 0 Å². The van der Waals surface area contributed by atoms with Crippen molar-refractivity contribution in [3.05, 3.63) is 41.5 Å². The Bertz CT molecular complexity index is 1000. The molecule has 5 nitrogen and oxygen atoms in total. The maximum absolute atomic E-state index is 10.0. The van der Waals surface area contributed by atoms with Gasteiger partial charge in [0.05, 0.1) is 11.8 Å². The lowest BCUT2D eigenvalue weighted by atomic mass is 10.1. The second-order valence-corrected chi connectivity index (χ2v) is 6.67. The fourth-order valence-corrected chi connectivity index (χ4v) is 3.74. The van der Waals surface area contributed by atoms with Gasteiger partial charge in [0.15, 0.2) is 5.65 Å². The molecule has 0 saturated heterocycles. The number of thiophene rings is 1. The van der Waals surface area contributed by atoms with Gasteiger partial charge in [-0.3, -0.25) is 4.68 Å². The summed E-state index contributed by atoms with van der Waals surface area (Å²) in [5.74, 6) is 0. The Morgan fingerprint density at radius 3 is 2.96 bits per heavy atom. The molecule has 4 heterocycles. The van der Waals surface area contributed by atoms with E-state index in [2.05, 4.69) is 16.1 Å². The summed E-state index contributed by atoms with van der Waals surface area (Å²) >= 11 is 1.55. The van der Waals surface area contributed by atoms with E-state index in [-0.39, 0.29) is 0 Å². The van der Waals surface area contributed by atoms with Gasteiger partial charge in [0.2, 0.25) is 0 Å². The maximum Gasteiger partial charge on any atom is 0.181 e. The predicted octanol–water partition coefficient (Wildman–Crippen LogP) is 3.69. The lowest BCUT2D eigenvalue weighted by Gasteiger charge is -2.01. The van der Waals surface area contributed by atoms with Crippen molar-refractivity contribution >= 4 is 32.6 Å². The summed E-state index contributed by atoms with van der Waals surface area (Å²) in [5.41, 5.74) is 2.59. The molecule has 4 aromatic heterocycles. The van der Waals surface area contributed by atoms with Crippen molar-refractivity contribution in [3.63, 3.8) is 0 Å². The lowest BCUT2D eigenvalue weighted by molar-refractivity contribution is 0.177.